The number of nitrogens with zero attached hydrogens (tertiary/aromatic N) is 1. The Morgan fingerprint density at radius 2 is 2.06 bits per heavy atom. The van der Waals surface area contributed by atoms with Gasteiger partial charge >= 0.3 is 0 Å². The lowest BCUT2D eigenvalue weighted by Crippen LogP contribution is -2.32. The zero-order valence-corrected chi connectivity index (χ0v) is 12.4. The van der Waals surface area contributed by atoms with Crippen LogP contribution >= 0.6 is 0 Å². The minimum absolute atomic E-state index is 0.620. The molecule has 102 valence electrons. The lowest BCUT2D eigenvalue weighted by atomic mass is 10.1. The fraction of sp³-hybridized carbons (Fsp3) is 0.625. The molecule has 0 heterocycles. The third-order valence-electron chi connectivity index (χ3n) is 3.43. The molecule has 0 aliphatic heterocycles. The molecule has 0 saturated heterocycles. The van der Waals surface area contributed by atoms with Crippen molar-refractivity contribution >= 4 is 0 Å². The number of hydrogen-bond donors (Lipinski definition) is 1. The Morgan fingerprint density at radius 1 is 1.28 bits per heavy atom. The van der Waals surface area contributed by atoms with Crippen molar-refractivity contribution in [3.63, 3.8) is 0 Å². The van der Waals surface area contributed by atoms with Gasteiger partial charge < -0.3 is 5.32 Å². The van der Waals surface area contributed by atoms with Crippen LogP contribution in [0.1, 0.15) is 37.8 Å². The van der Waals surface area contributed by atoms with E-state index in [2.05, 4.69) is 62.3 Å². The second-order valence-corrected chi connectivity index (χ2v) is 5.29. The highest BCUT2D eigenvalue weighted by Gasteiger charge is 2.09. The SMILES string of the molecule is CCCNCCC(C)N(C)Cc1cccc(C)c1. The van der Waals surface area contributed by atoms with E-state index in [1.165, 1.54) is 24.0 Å². The first-order chi connectivity index (χ1) is 8.63. The quantitative estimate of drug-likeness (QED) is 0.711. The highest BCUT2D eigenvalue weighted by atomic mass is 15.1. The van der Waals surface area contributed by atoms with Crippen LogP contribution in [0.3, 0.4) is 0 Å². The van der Waals surface area contributed by atoms with Gasteiger partial charge in [-0.05, 0) is 52.4 Å². The minimum atomic E-state index is 0.620. The number of rotatable bonds is 8. The van der Waals surface area contributed by atoms with Crippen molar-refractivity contribution in [1.29, 1.82) is 0 Å². The molecule has 1 atom stereocenters. The average Bonchev–Trinajstić information content (AvgIpc) is 2.34. The van der Waals surface area contributed by atoms with E-state index in [-0.39, 0.29) is 0 Å². The summed E-state index contributed by atoms with van der Waals surface area (Å²) in [5.74, 6) is 0. The zero-order chi connectivity index (χ0) is 13.4. The number of hydrogen-bond acceptors (Lipinski definition) is 2. The molecule has 0 radical (unpaired) electrons. The van der Waals surface area contributed by atoms with E-state index >= 15 is 0 Å². The maximum absolute atomic E-state index is 3.47. The minimum Gasteiger partial charge on any atom is -0.317 e. The number of nitrogens with one attached hydrogen (secondary N) is 1. The second-order valence-electron chi connectivity index (χ2n) is 5.29. The topological polar surface area (TPSA) is 15.3 Å². The van der Waals surface area contributed by atoms with E-state index in [0.717, 1.165) is 19.6 Å². The molecule has 1 rings (SSSR count). The predicted molar refractivity (Wildman–Crippen MR) is 79.9 cm³/mol. The first kappa shape index (κ1) is 15.2. The average molecular weight is 248 g/mol. The molecule has 1 aromatic rings. The smallest absolute Gasteiger partial charge is 0.0233 e. The van der Waals surface area contributed by atoms with Gasteiger partial charge in [0.1, 0.15) is 0 Å². The van der Waals surface area contributed by atoms with Crippen LogP contribution in [0.5, 0.6) is 0 Å². The first-order valence-electron chi connectivity index (χ1n) is 7.10. The van der Waals surface area contributed by atoms with Gasteiger partial charge in [-0.25, -0.2) is 0 Å². The van der Waals surface area contributed by atoms with Crippen molar-refractivity contribution in [1.82, 2.24) is 10.2 Å². The van der Waals surface area contributed by atoms with Crippen molar-refractivity contribution in [2.75, 3.05) is 20.1 Å². The molecule has 0 saturated carbocycles. The van der Waals surface area contributed by atoms with Gasteiger partial charge in [0.25, 0.3) is 0 Å². The van der Waals surface area contributed by atoms with Gasteiger partial charge in [-0.1, -0.05) is 36.8 Å². The number of benzene rings is 1. The van der Waals surface area contributed by atoms with E-state index in [1.807, 2.05) is 0 Å². The van der Waals surface area contributed by atoms with Crippen LogP contribution in [0.4, 0.5) is 0 Å². The van der Waals surface area contributed by atoms with Crippen molar-refractivity contribution in [3.8, 4) is 0 Å². The highest BCUT2D eigenvalue weighted by molar-refractivity contribution is 5.22. The van der Waals surface area contributed by atoms with E-state index in [1.54, 1.807) is 0 Å². The second kappa shape index (κ2) is 8.28. The Bertz CT molecular complexity index is 336. The Morgan fingerprint density at radius 3 is 2.72 bits per heavy atom. The maximum Gasteiger partial charge on any atom is 0.0233 e. The van der Waals surface area contributed by atoms with Crippen LogP contribution in [0.15, 0.2) is 24.3 Å². The van der Waals surface area contributed by atoms with Crippen LogP contribution in [0.25, 0.3) is 0 Å². The van der Waals surface area contributed by atoms with Crippen molar-refractivity contribution < 1.29 is 0 Å². The zero-order valence-electron chi connectivity index (χ0n) is 12.4. The van der Waals surface area contributed by atoms with Crippen molar-refractivity contribution in [2.24, 2.45) is 0 Å². The third-order valence-corrected chi connectivity index (χ3v) is 3.43. The van der Waals surface area contributed by atoms with Gasteiger partial charge in [0.15, 0.2) is 0 Å². The van der Waals surface area contributed by atoms with Crippen LogP contribution in [-0.2, 0) is 6.54 Å². The van der Waals surface area contributed by atoms with Crippen LogP contribution in [0, 0.1) is 6.92 Å². The van der Waals surface area contributed by atoms with Gasteiger partial charge in [-0.2, -0.15) is 0 Å². The summed E-state index contributed by atoms with van der Waals surface area (Å²) in [6.07, 6.45) is 2.43. The molecular formula is C16H28N2. The summed E-state index contributed by atoms with van der Waals surface area (Å²) < 4.78 is 0. The maximum atomic E-state index is 3.47. The summed E-state index contributed by atoms with van der Waals surface area (Å²) in [6, 6.07) is 9.41. The van der Waals surface area contributed by atoms with E-state index < -0.39 is 0 Å². The van der Waals surface area contributed by atoms with E-state index in [0.29, 0.717) is 6.04 Å². The largest absolute Gasteiger partial charge is 0.317 e. The van der Waals surface area contributed by atoms with Crippen LogP contribution < -0.4 is 5.32 Å². The Hall–Kier alpha value is -0.860. The summed E-state index contributed by atoms with van der Waals surface area (Å²) >= 11 is 0. The summed E-state index contributed by atoms with van der Waals surface area (Å²) in [5, 5.41) is 3.47. The Balaban J connectivity index is 2.33. The van der Waals surface area contributed by atoms with Crippen LogP contribution in [0.2, 0.25) is 0 Å². The molecule has 0 spiro atoms. The fourth-order valence-electron chi connectivity index (χ4n) is 2.09. The van der Waals surface area contributed by atoms with E-state index in [4.69, 9.17) is 0 Å². The molecule has 18 heavy (non-hydrogen) atoms. The first-order valence-corrected chi connectivity index (χ1v) is 7.10. The molecular weight excluding hydrogens is 220 g/mol. The molecule has 0 aliphatic carbocycles. The molecule has 0 aliphatic rings. The normalized spacial score (nSPS) is 12.9. The summed E-state index contributed by atoms with van der Waals surface area (Å²) in [6.45, 7) is 9.96. The lowest BCUT2D eigenvalue weighted by molar-refractivity contribution is 0.236. The molecule has 2 nitrogen and oxygen atoms in total. The molecule has 1 N–H and O–H groups in total. The molecule has 0 fully saturated rings. The molecule has 0 amide bonds. The molecule has 1 aromatic carbocycles. The van der Waals surface area contributed by atoms with Crippen molar-refractivity contribution in [2.45, 2.75) is 46.2 Å². The third kappa shape index (κ3) is 5.65. The number of aryl methyl sites for hydroxylation is 1. The lowest BCUT2D eigenvalue weighted by Gasteiger charge is -2.25. The molecule has 0 bridgehead atoms. The standard InChI is InChI=1S/C16H28N2/c1-5-10-17-11-9-15(3)18(4)13-16-8-6-7-14(2)12-16/h6-8,12,15,17H,5,9-11,13H2,1-4H3. The van der Waals surface area contributed by atoms with Gasteiger partial charge in [0, 0.05) is 12.6 Å². The van der Waals surface area contributed by atoms with Gasteiger partial charge in [-0.3, -0.25) is 4.90 Å². The monoisotopic (exact) mass is 248 g/mol. The Labute approximate surface area is 112 Å². The Kier molecular flexibility index (Phi) is 6.99. The predicted octanol–water partition coefficient (Wildman–Crippen LogP) is 3.21. The van der Waals surface area contributed by atoms with Crippen LogP contribution in [-0.4, -0.2) is 31.1 Å². The molecule has 0 aromatic heterocycles. The summed E-state index contributed by atoms with van der Waals surface area (Å²) in [5.41, 5.74) is 2.75. The highest BCUT2D eigenvalue weighted by Crippen LogP contribution is 2.10. The van der Waals surface area contributed by atoms with Gasteiger partial charge in [-0.15, -0.1) is 0 Å². The van der Waals surface area contributed by atoms with Gasteiger partial charge in [0.05, 0.1) is 0 Å². The van der Waals surface area contributed by atoms with Crippen molar-refractivity contribution in [3.05, 3.63) is 35.4 Å². The van der Waals surface area contributed by atoms with Gasteiger partial charge in [0.2, 0.25) is 0 Å². The summed E-state index contributed by atoms with van der Waals surface area (Å²) in [4.78, 5) is 2.43. The molecule has 1 unspecified atom stereocenters. The van der Waals surface area contributed by atoms with E-state index in [9.17, 15) is 0 Å². The molecule has 2 heteroatoms. The summed E-state index contributed by atoms with van der Waals surface area (Å²) in [7, 11) is 2.22. The fourth-order valence-corrected chi connectivity index (χ4v) is 2.09.